The van der Waals surface area contributed by atoms with Crippen LogP contribution in [0.1, 0.15) is 15.4 Å². The van der Waals surface area contributed by atoms with Crippen LogP contribution in [-0.2, 0) is 0 Å². The van der Waals surface area contributed by atoms with E-state index in [1.165, 1.54) is 24.3 Å². The molecule has 1 aromatic heterocycles. The molecule has 25 heavy (non-hydrogen) atoms. The van der Waals surface area contributed by atoms with Crippen LogP contribution in [0.25, 0.3) is 0 Å². The molecule has 0 radical (unpaired) electrons. The molecule has 1 heterocycles. The third-order valence-corrected chi connectivity index (χ3v) is 4.35. The number of hydrogen-bond acceptors (Lipinski definition) is 4. The smallest absolute Gasteiger partial charge is 0.267 e. The Morgan fingerprint density at radius 1 is 1.04 bits per heavy atom. The monoisotopic (exact) mass is 363 g/mol. The fourth-order valence-corrected chi connectivity index (χ4v) is 2.97. The quantitative estimate of drug-likeness (QED) is 0.696. The highest BCUT2D eigenvalue weighted by Gasteiger charge is 2.17. The Labute approximate surface area is 145 Å². The van der Waals surface area contributed by atoms with Crippen molar-refractivity contribution in [2.24, 2.45) is 0 Å². The van der Waals surface area contributed by atoms with Gasteiger partial charge in [-0.25, -0.2) is 18.2 Å². The molecule has 0 saturated carbocycles. The fourth-order valence-electron chi connectivity index (χ4n) is 2.09. The third-order valence-electron chi connectivity index (χ3n) is 3.27. The van der Waals surface area contributed by atoms with Crippen molar-refractivity contribution in [1.29, 1.82) is 0 Å². The summed E-state index contributed by atoms with van der Waals surface area (Å²) in [6, 6.07) is 8.47. The zero-order valence-corrected chi connectivity index (χ0v) is 13.8. The van der Waals surface area contributed by atoms with Crippen LogP contribution in [0.15, 0.2) is 42.5 Å². The molecule has 0 fully saturated rings. The molecule has 0 unspecified atom stereocenters. The summed E-state index contributed by atoms with van der Waals surface area (Å²) in [5.74, 6) is -2.34. The van der Waals surface area contributed by atoms with E-state index in [-0.39, 0.29) is 16.4 Å². The summed E-state index contributed by atoms with van der Waals surface area (Å²) < 4.78 is 39.7. The van der Waals surface area contributed by atoms with Crippen molar-refractivity contribution in [3.05, 3.63) is 70.5 Å². The summed E-state index contributed by atoms with van der Waals surface area (Å²) >= 11 is 1.05. The van der Waals surface area contributed by atoms with Gasteiger partial charge < -0.3 is 10.6 Å². The van der Waals surface area contributed by atoms with E-state index in [4.69, 9.17) is 0 Å². The number of benzene rings is 2. The summed E-state index contributed by atoms with van der Waals surface area (Å²) in [7, 11) is 0. The van der Waals surface area contributed by atoms with Crippen molar-refractivity contribution in [2.75, 3.05) is 10.6 Å². The Morgan fingerprint density at radius 2 is 1.72 bits per heavy atom. The summed E-state index contributed by atoms with van der Waals surface area (Å²) in [6.45, 7) is 1.63. The maximum Gasteiger partial charge on any atom is 0.267 e. The van der Waals surface area contributed by atoms with Crippen molar-refractivity contribution in [3.8, 4) is 0 Å². The van der Waals surface area contributed by atoms with Crippen LogP contribution in [0.2, 0.25) is 0 Å². The summed E-state index contributed by atoms with van der Waals surface area (Å²) in [6.07, 6.45) is 0. The number of nitrogens with one attached hydrogen (secondary N) is 2. The molecule has 0 aliphatic carbocycles. The molecule has 0 aliphatic rings. The van der Waals surface area contributed by atoms with Gasteiger partial charge in [0.2, 0.25) is 0 Å². The van der Waals surface area contributed by atoms with Crippen molar-refractivity contribution in [3.63, 3.8) is 0 Å². The maximum atomic E-state index is 13.6. The van der Waals surface area contributed by atoms with Crippen molar-refractivity contribution < 1.29 is 18.0 Å². The zero-order chi connectivity index (χ0) is 18.0. The van der Waals surface area contributed by atoms with Crippen LogP contribution in [0.4, 0.5) is 29.7 Å². The van der Waals surface area contributed by atoms with Gasteiger partial charge in [-0.1, -0.05) is 11.3 Å². The molecule has 0 saturated heterocycles. The Bertz CT molecular complexity index is 925. The van der Waals surface area contributed by atoms with Crippen LogP contribution >= 0.6 is 11.3 Å². The normalized spacial score (nSPS) is 10.6. The molecule has 1 amide bonds. The number of nitrogens with zero attached hydrogens (tertiary/aromatic N) is 1. The molecule has 2 N–H and O–H groups in total. The van der Waals surface area contributed by atoms with Gasteiger partial charge in [0.1, 0.15) is 22.3 Å². The lowest BCUT2D eigenvalue weighted by molar-refractivity contribution is 0.102. The highest BCUT2D eigenvalue weighted by molar-refractivity contribution is 7.17. The van der Waals surface area contributed by atoms with Crippen LogP contribution in [0.5, 0.6) is 0 Å². The van der Waals surface area contributed by atoms with E-state index < -0.39 is 17.5 Å². The predicted molar refractivity (Wildman–Crippen MR) is 90.8 cm³/mol. The van der Waals surface area contributed by atoms with Gasteiger partial charge in [-0.2, -0.15) is 0 Å². The zero-order valence-electron chi connectivity index (χ0n) is 12.9. The average molecular weight is 363 g/mol. The van der Waals surface area contributed by atoms with E-state index >= 15 is 0 Å². The standard InChI is InChI=1S/C17H12F3N3OS/c1-9-15(16(24)23-14-8-11(19)4-7-13(14)20)25-17(21-9)22-12-5-2-10(18)3-6-12/h2-8H,1H3,(H,21,22)(H,23,24). The number of rotatable bonds is 4. The van der Waals surface area contributed by atoms with Crippen LogP contribution in [0.3, 0.4) is 0 Å². The van der Waals surface area contributed by atoms with Crippen LogP contribution in [-0.4, -0.2) is 10.9 Å². The number of amides is 1. The van der Waals surface area contributed by atoms with E-state index in [1.807, 2.05) is 0 Å². The molecule has 0 spiro atoms. The molecular weight excluding hydrogens is 351 g/mol. The second-order valence-corrected chi connectivity index (χ2v) is 6.14. The second kappa shape index (κ2) is 6.94. The maximum absolute atomic E-state index is 13.6. The molecule has 0 aliphatic heterocycles. The Hall–Kier alpha value is -2.87. The largest absolute Gasteiger partial charge is 0.332 e. The van der Waals surface area contributed by atoms with Gasteiger partial charge in [0.15, 0.2) is 5.13 Å². The lowest BCUT2D eigenvalue weighted by Gasteiger charge is -2.05. The first-order valence-electron chi connectivity index (χ1n) is 7.19. The van der Waals surface area contributed by atoms with E-state index in [1.54, 1.807) is 6.92 Å². The molecule has 0 atom stereocenters. The van der Waals surface area contributed by atoms with E-state index in [9.17, 15) is 18.0 Å². The first kappa shape index (κ1) is 17.0. The number of aryl methyl sites for hydroxylation is 1. The predicted octanol–water partition coefficient (Wildman–Crippen LogP) is 4.86. The van der Waals surface area contributed by atoms with Crippen molar-refractivity contribution >= 4 is 33.8 Å². The number of carbonyl (C=O) groups excluding carboxylic acids is 1. The minimum Gasteiger partial charge on any atom is -0.332 e. The SMILES string of the molecule is Cc1nc(Nc2ccc(F)cc2)sc1C(=O)Nc1cc(F)ccc1F. The van der Waals surface area contributed by atoms with E-state index in [0.717, 1.165) is 29.5 Å². The molecule has 8 heteroatoms. The van der Waals surface area contributed by atoms with Gasteiger partial charge in [0.25, 0.3) is 5.91 Å². The van der Waals surface area contributed by atoms with E-state index in [0.29, 0.717) is 16.5 Å². The lowest BCUT2D eigenvalue weighted by Crippen LogP contribution is -2.12. The topological polar surface area (TPSA) is 54.0 Å². The van der Waals surface area contributed by atoms with Crippen LogP contribution in [0, 0.1) is 24.4 Å². The fraction of sp³-hybridized carbons (Fsp3) is 0.0588. The highest BCUT2D eigenvalue weighted by atomic mass is 32.1. The Balaban J connectivity index is 1.78. The van der Waals surface area contributed by atoms with Gasteiger partial charge in [-0.05, 0) is 43.3 Å². The Kier molecular flexibility index (Phi) is 4.71. The number of hydrogen-bond donors (Lipinski definition) is 2. The summed E-state index contributed by atoms with van der Waals surface area (Å²) in [4.78, 5) is 16.8. The lowest BCUT2D eigenvalue weighted by atomic mass is 10.3. The Morgan fingerprint density at radius 3 is 2.44 bits per heavy atom. The minimum absolute atomic E-state index is 0.245. The first-order chi connectivity index (χ1) is 11.9. The van der Waals surface area contributed by atoms with Crippen molar-refractivity contribution in [1.82, 2.24) is 4.98 Å². The van der Waals surface area contributed by atoms with Crippen molar-refractivity contribution in [2.45, 2.75) is 6.92 Å². The molecular formula is C17H12F3N3OS. The van der Waals surface area contributed by atoms with Gasteiger partial charge in [-0.15, -0.1) is 0 Å². The number of halogens is 3. The molecule has 2 aromatic carbocycles. The third kappa shape index (κ3) is 3.97. The number of aromatic nitrogens is 1. The average Bonchev–Trinajstić information content (AvgIpc) is 2.93. The minimum atomic E-state index is -0.735. The number of anilines is 3. The molecule has 3 aromatic rings. The van der Waals surface area contributed by atoms with Gasteiger partial charge in [0.05, 0.1) is 11.4 Å². The summed E-state index contributed by atoms with van der Waals surface area (Å²) in [5, 5.41) is 5.72. The molecule has 128 valence electrons. The second-order valence-electron chi connectivity index (χ2n) is 5.14. The highest BCUT2D eigenvalue weighted by Crippen LogP contribution is 2.27. The van der Waals surface area contributed by atoms with Gasteiger partial charge in [-0.3, -0.25) is 4.79 Å². The molecule has 0 bridgehead atoms. The molecule has 3 rings (SSSR count). The van der Waals surface area contributed by atoms with Crippen LogP contribution < -0.4 is 10.6 Å². The number of carbonyl (C=O) groups is 1. The number of thiazole rings is 1. The molecule has 4 nitrogen and oxygen atoms in total. The first-order valence-corrected chi connectivity index (χ1v) is 8.00. The van der Waals surface area contributed by atoms with E-state index in [2.05, 4.69) is 15.6 Å². The van der Waals surface area contributed by atoms with Gasteiger partial charge >= 0.3 is 0 Å². The van der Waals surface area contributed by atoms with Gasteiger partial charge in [0, 0.05) is 11.8 Å². The summed E-state index contributed by atoms with van der Waals surface area (Å²) in [5.41, 5.74) is 0.799.